The molecule has 0 aromatic carbocycles. The topological polar surface area (TPSA) is 20.2 Å². The van der Waals surface area contributed by atoms with Crippen LogP contribution in [0.3, 0.4) is 0 Å². The molecule has 0 aliphatic heterocycles. The Hall–Kier alpha value is 0.440. The fraction of sp³-hybridized carbons (Fsp3) is 1.00. The minimum atomic E-state index is -0.144. The van der Waals surface area contributed by atoms with E-state index >= 15 is 0 Å². The molecule has 2 atom stereocenters. The van der Waals surface area contributed by atoms with Crippen molar-refractivity contribution in [3.05, 3.63) is 0 Å². The van der Waals surface area contributed by atoms with E-state index in [2.05, 4.69) is 22.9 Å². The SMILES string of the molecule is CC(O)CCC(C)Br. The molecule has 50 valence electrons. The highest BCUT2D eigenvalue weighted by molar-refractivity contribution is 9.09. The molecule has 0 bridgehead atoms. The number of aliphatic hydroxyl groups excluding tert-OH is 1. The van der Waals surface area contributed by atoms with Gasteiger partial charge in [-0.2, -0.15) is 0 Å². The van der Waals surface area contributed by atoms with E-state index in [1.807, 2.05) is 6.92 Å². The lowest BCUT2D eigenvalue weighted by Gasteiger charge is -2.03. The lowest BCUT2D eigenvalue weighted by Crippen LogP contribution is -2.02. The standard InChI is InChI=1S/C6H13BrO/c1-5(7)3-4-6(2)8/h5-6,8H,3-4H2,1-2H3. The Morgan fingerprint density at radius 1 is 1.38 bits per heavy atom. The number of rotatable bonds is 3. The van der Waals surface area contributed by atoms with Gasteiger partial charge in [-0.15, -0.1) is 0 Å². The maximum absolute atomic E-state index is 8.78. The molecule has 2 unspecified atom stereocenters. The van der Waals surface area contributed by atoms with Gasteiger partial charge < -0.3 is 5.11 Å². The minimum Gasteiger partial charge on any atom is -0.393 e. The van der Waals surface area contributed by atoms with Crippen molar-refractivity contribution >= 4 is 15.9 Å². The predicted molar refractivity (Wildman–Crippen MR) is 39.3 cm³/mol. The summed E-state index contributed by atoms with van der Waals surface area (Å²) >= 11 is 3.39. The molecular weight excluding hydrogens is 168 g/mol. The molecule has 0 spiro atoms. The Bertz CT molecular complexity index is 44.5. The van der Waals surface area contributed by atoms with Crippen LogP contribution in [0.4, 0.5) is 0 Å². The molecule has 0 heterocycles. The van der Waals surface area contributed by atoms with Crippen molar-refractivity contribution in [2.24, 2.45) is 0 Å². The highest BCUT2D eigenvalue weighted by Gasteiger charge is 1.98. The number of hydrogen-bond acceptors (Lipinski definition) is 1. The average molecular weight is 181 g/mol. The maximum Gasteiger partial charge on any atom is 0.0512 e. The molecule has 0 amide bonds. The summed E-state index contributed by atoms with van der Waals surface area (Å²) in [4.78, 5) is 0.539. The smallest absolute Gasteiger partial charge is 0.0512 e. The normalized spacial score (nSPS) is 18.0. The van der Waals surface area contributed by atoms with E-state index in [1.54, 1.807) is 0 Å². The van der Waals surface area contributed by atoms with E-state index in [-0.39, 0.29) is 6.10 Å². The average Bonchev–Trinajstić information content (AvgIpc) is 1.61. The van der Waals surface area contributed by atoms with Gasteiger partial charge in [0.15, 0.2) is 0 Å². The van der Waals surface area contributed by atoms with Gasteiger partial charge in [0.2, 0.25) is 0 Å². The first-order chi connectivity index (χ1) is 3.63. The van der Waals surface area contributed by atoms with Crippen LogP contribution in [0.5, 0.6) is 0 Å². The van der Waals surface area contributed by atoms with E-state index in [0.29, 0.717) is 4.83 Å². The van der Waals surface area contributed by atoms with Gasteiger partial charge in [-0.3, -0.25) is 0 Å². The molecule has 2 heteroatoms. The third kappa shape index (κ3) is 6.44. The highest BCUT2D eigenvalue weighted by atomic mass is 79.9. The lowest BCUT2D eigenvalue weighted by atomic mass is 10.2. The quantitative estimate of drug-likeness (QED) is 0.659. The van der Waals surface area contributed by atoms with E-state index in [0.717, 1.165) is 12.8 Å². The van der Waals surface area contributed by atoms with Gasteiger partial charge in [0, 0.05) is 4.83 Å². The first-order valence-electron chi connectivity index (χ1n) is 2.95. The summed E-state index contributed by atoms with van der Waals surface area (Å²) in [6.45, 7) is 3.90. The summed E-state index contributed by atoms with van der Waals surface area (Å²) in [6.07, 6.45) is 1.80. The van der Waals surface area contributed by atoms with E-state index < -0.39 is 0 Å². The van der Waals surface area contributed by atoms with Crippen LogP contribution in [-0.2, 0) is 0 Å². The summed E-state index contributed by atoms with van der Waals surface area (Å²) in [5.74, 6) is 0. The molecule has 0 aliphatic rings. The predicted octanol–water partition coefficient (Wildman–Crippen LogP) is 1.93. The Kier molecular flexibility index (Phi) is 4.57. The fourth-order valence-electron chi connectivity index (χ4n) is 0.471. The molecule has 0 fully saturated rings. The highest BCUT2D eigenvalue weighted by Crippen LogP contribution is 2.07. The van der Waals surface area contributed by atoms with Crippen molar-refractivity contribution in [1.29, 1.82) is 0 Å². The molecule has 1 N–H and O–H groups in total. The minimum absolute atomic E-state index is 0.144. The van der Waals surface area contributed by atoms with Crippen molar-refractivity contribution < 1.29 is 5.11 Å². The van der Waals surface area contributed by atoms with E-state index in [9.17, 15) is 0 Å². The van der Waals surface area contributed by atoms with Crippen LogP contribution >= 0.6 is 15.9 Å². The molecule has 0 saturated heterocycles. The zero-order valence-electron chi connectivity index (χ0n) is 5.39. The van der Waals surface area contributed by atoms with Gasteiger partial charge in [0.25, 0.3) is 0 Å². The van der Waals surface area contributed by atoms with Gasteiger partial charge in [0.05, 0.1) is 6.10 Å². The van der Waals surface area contributed by atoms with E-state index in [1.165, 1.54) is 0 Å². The third-order valence-electron chi connectivity index (χ3n) is 0.982. The van der Waals surface area contributed by atoms with Crippen LogP contribution < -0.4 is 0 Å². The summed E-state index contributed by atoms with van der Waals surface area (Å²) in [5, 5.41) is 8.78. The Balaban J connectivity index is 2.93. The second-order valence-corrected chi connectivity index (χ2v) is 3.77. The van der Waals surface area contributed by atoms with Crippen LogP contribution in [0.1, 0.15) is 26.7 Å². The summed E-state index contributed by atoms with van der Waals surface area (Å²) in [6, 6.07) is 0. The van der Waals surface area contributed by atoms with Crippen LogP contribution in [0.2, 0.25) is 0 Å². The van der Waals surface area contributed by atoms with Crippen LogP contribution in [-0.4, -0.2) is 16.0 Å². The molecule has 0 radical (unpaired) electrons. The van der Waals surface area contributed by atoms with Gasteiger partial charge in [-0.1, -0.05) is 22.9 Å². The first kappa shape index (κ1) is 8.44. The Morgan fingerprint density at radius 2 is 1.88 bits per heavy atom. The second-order valence-electron chi connectivity index (χ2n) is 2.21. The zero-order chi connectivity index (χ0) is 6.57. The van der Waals surface area contributed by atoms with Gasteiger partial charge >= 0.3 is 0 Å². The van der Waals surface area contributed by atoms with Crippen molar-refractivity contribution in [2.45, 2.75) is 37.6 Å². The largest absolute Gasteiger partial charge is 0.393 e. The van der Waals surface area contributed by atoms with Crippen molar-refractivity contribution in [2.75, 3.05) is 0 Å². The zero-order valence-corrected chi connectivity index (χ0v) is 6.98. The third-order valence-corrected chi connectivity index (χ3v) is 1.44. The van der Waals surface area contributed by atoms with Crippen LogP contribution in [0, 0.1) is 0 Å². The van der Waals surface area contributed by atoms with E-state index in [4.69, 9.17) is 5.11 Å². The van der Waals surface area contributed by atoms with Crippen LogP contribution in [0.15, 0.2) is 0 Å². The van der Waals surface area contributed by atoms with Gasteiger partial charge in [-0.25, -0.2) is 0 Å². The molecule has 1 nitrogen and oxygen atoms in total. The number of halogens is 1. The van der Waals surface area contributed by atoms with Crippen molar-refractivity contribution in [3.63, 3.8) is 0 Å². The first-order valence-corrected chi connectivity index (χ1v) is 3.86. The summed E-state index contributed by atoms with van der Waals surface area (Å²) in [5.41, 5.74) is 0. The number of aliphatic hydroxyl groups is 1. The lowest BCUT2D eigenvalue weighted by molar-refractivity contribution is 0.182. The molecule has 0 aromatic rings. The Labute approximate surface area is 59.2 Å². The fourth-order valence-corrected chi connectivity index (χ4v) is 0.735. The second kappa shape index (κ2) is 4.33. The van der Waals surface area contributed by atoms with Crippen LogP contribution in [0.25, 0.3) is 0 Å². The molecule has 0 rings (SSSR count). The Morgan fingerprint density at radius 3 is 2.00 bits per heavy atom. The number of alkyl halides is 1. The molecule has 0 aliphatic carbocycles. The van der Waals surface area contributed by atoms with Crippen molar-refractivity contribution in [1.82, 2.24) is 0 Å². The molecule has 0 saturated carbocycles. The van der Waals surface area contributed by atoms with Gasteiger partial charge in [-0.05, 0) is 19.8 Å². The maximum atomic E-state index is 8.78. The van der Waals surface area contributed by atoms with Gasteiger partial charge in [0.1, 0.15) is 0 Å². The summed E-state index contributed by atoms with van der Waals surface area (Å²) < 4.78 is 0. The monoisotopic (exact) mass is 180 g/mol. The number of hydrogen-bond donors (Lipinski definition) is 1. The molecule has 8 heavy (non-hydrogen) atoms. The summed E-state index contributed by atoms with van der Waals surface area (Å²) in [7, 11) is 0. The van der Waals surface area contributed by atoms with Crippen molar-refractivity contribution in [3.8, 4) is 0 Å². The molecular formula is C6H13BrO. The molecule has 0 aromatic heterocycles.